The molecule has 118 valence electrons. The number of halogens is 1. The number of carbonyl (C=O) groups excluding carboxylic acids is 1. The maximum Gasteiger partial charge on any atom is 0.267 e. The second-order valence-corrected chi connectivity index (χ2v) is 4.85. The zero-order valence-corrected chi connectivity index (χ0v) is 13.1. The van der Waals surface area contributed by atoms with Crippen LogP contribution in [-0.2, 0) is 4.79 Å². The average Bonchev–Trinajstić information content (AvgIpc) is 2.93. The van der Waals surface area contributed by atoms with E-state index in [1.165, 1.54) is 19.4 Å². The van der Waals surface area contributed by atoms with E-state index in [9.17, 15) is 4.79 Å². The lowest BCUT2D eigenvalue weighted by Crippen LogP contribution is -2.14. The molecule has 1 heterocycles. The highest BCUT2D eigenvalue weighted by atomic mass is 35.5. The molecule has 0 aliphatic heterocycles. The van der Waals surface area contributed by atoms with Crippen LogP contribution in [0.3, 0.4) is 0 Å². The van der Waals surface area contributed by atoms with Crippen molar-refractivity contribution in [2.24, 2.45) is 0 Å². The Morgan fingerprint density at radius 1 is 1.48 bits per heavy atom. The van der Waals surface area contributed by atoms with Gasteiger partial charge in [-0.2, -0.15) is 5.26 Å². The fourth-order valence-corrected chi connectivity index (χ4v) is 1.93. The van der Waals surface area contributed by atoms with Crippen LogP contribution in [0.25, 0.3) is 0 Å². The van der Waals surface area contributed by atoms with Gasteiger partial charge < -0.3 is 19.9 Å². The molecule has 0 bridgehead atoms. The largest absolute Gasteiger partial charge is 0.495 e. The molecule has 7 nitrogen and oxygen atoms in total. The van der Waals surface area contributed by atoms with Gasteiger partial charge in [0.1, 0.15) is 23.2 Å². The molecule has 0 aliphatic carbocycles. The highest BCUT2D eigenvalue weighted by Crippen LogP contribution is 2.27. The maximum atomic E-state index is 12.1. The average molecular weight is 333 g/mol. The lowest BCUT2D eigenvalue weighted by molar-refractivity contribution is -0.112. The van der Waals surface area contributed by atoms with Gasteiger partial charge in [0.15, 0.2) is 5.82 Å². The van der Waals surface area contributed by atoms with Gasteiger partial charge in [0, 0.05) is 18.0 Å². The van der Waals surface area contributed by atoms with Crippen molar-refractivity contribution in [3.05, 3.63) is 46.8 Å². The standard InChI is InChI=1S/C15H13ClN4O3/c1-9-5-14(20-23-9)18-8-10(7-17)15(21)19-11-3-4-13(22-2)12(16)6-11/h3-6,8H,1-2H3,(H,18,20)(H,19,21)/b10-8-. The van der Waals surface area contributed by atoms with Gasteiger partial charge in [0.25, 0.3) is 5.91 Å². The van der Waals surface area contributed by atoms with Gasteiger partial charge in [-0.15, -0.1) is 0 Å². The Morgan fingerprint density at radius 3 is 2.83 bits per heavy atom. The second kappa shape index (κ2) is 7.33. The Hall–Kier alpha value is -2.98. The summed E-state index contributed by atoms with van der Waals surface area (Å²) in [6.07, 6.45) is 1.25. The van der Waals surface area contributed by atoms with E-state index < -0.39 is 5.91 Å². The van der Waals surface area contributed by atoms with E-state index in [1.807, 2.05) is 0 Å². The van der Waals surface area contributed by atoms with E-state index in [4.69, 9.17) is 26.1 Å². The monoisotopic (exact) mass is 332 g/mol. The summed E-state index contributed by atoms with van der Waals surface area (Å²) in [6, 6.07) is 8.20. The summed E-state index contributed by atoms with van der Waals surface area (Å²) in [6.45, 7) is 1.73. The van der Waals surface area contributed by atoms with Crippen molar-refractivity contribution in [1.82, 2.24) is 5.16 Å². The highest BCUT2D eigenvalue weighted by Gasteiger charge is 2.11. The molecule has 0 saturated carbocycles. The first-order valence-corrected chi connectivity index (χ1v) is 6.86. The summed E-state index contributed by atoms with van der Waals surface area (Å²) >= 11 is 5.98. The Labute approximate surface area is 137 Å². The number of benzene rings is 1. The normalized spacial score (nSPS) is 10.8. The fraction of sp³-hybridized carbons (Fsp3) is 0.133. The van der Waals surface area contributed by atoms with E-state index in [0.29, 0.717) is 28.0 Å². The number of nitrogens with one attached hydrogen (secondary N) is 2. The number of hydrogen-bond donors (Lipinski definition) is 2. The van der Waals surface area contributed by atoms with Crippen molar-refractivity contribution in [2.75, 3.05) is 17.7 Å². The van der Waals surface area contributed by atoms with E-state index in [1.54, 1.807) is 31.2 Å². The smallest absolute Gasteiger partial charge is 0.267 e. The molecule has 0 fully saturated rings. The number of carbonyl (C=O) groups is 1. The third-order valence-corrected chi connectivity index (χ3v) is 3.06. The van der Waals surface area contributed by atoms with Crippen LogP contribution in [-0.4, -0.2) is 18.2 Å². The molecule has 0 spiro atoms. The van der Waals surface area contributed by atoms with E-state index >= 15 is 0 Å². The maximum absolute atomic E-state index is 12.1. The lowest BCUT2D eigenvalue weighted by atomic mass is 10.2. The molecule has 2 aromatic rings. The number of hydrogen-bond acceptors (Lipinski definition) is 6. The number of nitriles is 1. The first-order chi connectivity index (χ1) is 11.0. The predicted molar refractivity (Wildman–Crippen MR) is 85.2 cm³/mol. The Kier molecular flexibility index (Phi) is 5.23. The van der Waals surface area contributed by atoms with Crippen molar-refractivity contribution in [2.45, 2.75) is 6.92 Å². The first-order valence-electron chi connectivity index (χ1n) is 6.48. The number of ether oxygens (including phenoxy) is 1. The zero-order valence-electron chi connectivity index (χ0n) is 12.4. The zero-order chi connectivity index (χ0) is 16.8. The van der Waals surface area contributed by atoms with Crippen molar-refractivity contribution < 1.29 is 14.1 Å². The SMILES string of the molecule is COc1ccc(NC(=O)/C(C#N)=C\Nc2cc(C)on2)cc1Cl. The molecule has 2 N–H and O–H groups in total. The predicted octanol–water partition coefficient (Wildman–Crippen LogP) is 3.10. The summed E-state index contributed by atoms with van der Waals surface area (Å²) in [5, 5.41) is 18.4. The summed E-state index contributed by atoms with van der Waals surface area (Å²) in [5.41, 5.74) is 0.317. The van der Waals surface area contributed by atoms with E-state index in [2.05, 4.69) is 15.8 Å². The Morgan fingerprint density at radius 2 is 2.26 bits per heavy atom. The molecule has 0 aliphatic rings. The lowest BCUT2D eigenvalue weighted by Gasteiger charge is -2.07. The van der Waals surface area contributed by atoms with E-state index in [-0.39, 0.29) is 5.57 Å². The van der Waals surface area contributed by atoms with Crippen LogP contribution in [0.1, 0.15) is 5.76 Å². The molecule has 1 amide bonds. The summed E-state index contributed by atoms with van der Waals surface area (Å²) < 4.78 is 9.90. The second-order valence-electron chi connectivity index (χ2n) is 4.44. The molecule has 0 radical (unpaired) electrons. The molecule has 1 aromatic heterocycles. The van der Waals surface area contributed by atoms with Crippen LogP contribution >= 0.6 is 11.6 Å². The quantitative estimate of drug-likeness (QED) is 0.644. The third-order valence-electron chi connectivity index (χ3n) is 2.77. The van der Waals surface area contributed by atoms with Gasteiger partial charge in [-0.25, -0.2) is 0 Å². The number of aryl methyl sites for hydroxylation is 1. The molecule has 8 heteroatoms. The number of methoxy groups -OCH3 is 1. The molecule has 23 heavy (non-hydrogen) atoms. The molecule has 0 saturated heterocycles. The van der Waals surface area contributed by atoms with Crippen LogP contribution in [0, 0.1) is 18.3 Å². The van der Waals surface area contributed by atoms with E-state index in [0.717, 1.165) is 0 Å². The fourth-order valence-electron chi connectivity index (χ4n) is 1.67. The molecular formula is C15H13ClN4O3. The first kappa shape index (κ1) is 16.4. The number of aromatic nitrogens is 1. The third kappa shape index (κ3) is 4.25. The topological polar surface area (TPSA) is 100 Å². The molecule has 2 rings (SSSR count). The number of amides is 1. The van der Waals surface area contributed by atoms with Gasteiger partial charge in [-0.1, -0.05) is 16.8 Å². The summed E-state index contributed by atoms with van der Waals surface area (Å²) in [5.74, 6) is 0.914. The Balaban J connectivity index is 2.08. The van der Waals surface area contributed by atoms with Gasteiger partial charge >= 0.3 is 0 Å². The number of rotatable bonds is 5. The number of anilines is 2. The molecule has 0 unspecified atom stereocenters. The number of nitrogens with zero attached hydrogens (tertiary/aromatic N) is 2. The van der Waals surface area contributed by atoms with Crippen LogP contribution in [0.5, 0.6) is 5.75 Å². The van der Waals surface area contributed by atoms with Gasteiger partial charge in [0.05, 0.1) is 12.1 Å². The highest BCUT2D eigenvalue weighted by molar-refractivity contribution is 6.32. The van der Waals surface area contributed by atoms with Crippen LogP contribution in [0.4, 0.5) is 11.5 Å². The van der Waals surface area contributed by atoms with Gasteiger partial charge in [0.2, 0.25) is 0 Å². The van der Waals surface area contributed by atoms with Gasteiger partial charge in [-0.3, -0.25) is 4.79 Å². The van der Waals surface area contributed by atoms with Crippen LogP contribution in [0.2, 0.25) is 5.02 Å². The summed E-state index contributed by atoms with van der Waals surface area (Å²) in [7, 11) is 1.49. The minimum absolute atomic E-state index is 0.127. The van der Waals surface area contributed by atoms with Crippen LogP contribution in [0.15, 0.2) is 40.6 Å². The minimum Gasteiger partial charge on any atom is -0.495 e. The molecular weight excluding hydrogens is 320 g/mol. The van der Waals surface area contributed by atoms with Crippen molar-refractivity contribution in [1.29, 1.82) is 5.26 Å². The molecule has 1 aromatic carbocycles. The van der Waals surface area contributed by atoms with Gasteiger partial charge in [-0.05, 0) is 25.1 Å². The summed E-state index contributed by atoms with van der Waals surface area (Å²) in [4.78, 5) is 12.1. The molecule has 0 atom stereocenters. The van der Waals surface area contributed by atoms with Crippen molar-refractivity contribution in [3.63, 3.8) is 0 Å². The Bertz CT molecular complexity index is 792. The van der Waals surface area contributed by atoms with Crippen molar-refractivity contribution >= 4 is 29.0 Å². The minimum atomic E-state index is -0.582. The van der Waals surface area contributed by atoms with Crippen LogP contribution < -0.4 is 15.4 Å². The van der Waals surface area contributed by atoms with Crippen molar-refractivity contribution in [3.8, 4) is 11.8 Å².